The van der Waals surface area contributed by atoms with Crippen LogP contribution in [0.15, 0.2) is 35.1 Å². The van der Waals surface area contributed by atoms with Gasteiger partial charge in [0, 0.05) is 13.0 Å². The van der Waals surface area contributed by atoms with Crippen LogP contribution < -0.4 is 0 Å². The summed E-state index contributed by atoms with van der Waals surface area (Å²) < 4.78 is 0. The third kappa shape index (κ3) is 2.19. The Morgan fingerprint density at radius 3 is 3.12 bits per heavy atom. The minimum absolute atomic E-state index is 0.504. The topological polar surface area (TPSA) is 23.5 Å². The largest absolute Gasteiger partial charge is 0.512 e. The highest BCUT2D eigenvalue weighted by molar-refractivity contribution is 5.41. The molecule has 0 radical (unpaired) electrons. The van der Waals surface area contributed by atoms with E-state index in [1.807, 2.05) is 6.08 Å². The summed E-state index contributed by atoms with van der Waals surface area (Å²) in [7, 11) is 2.24. The van der Waals surface area contributed by atoms with Crippen LogP contribution in [0.25, 0.3) is 0 Å². The third-order valence-electron chi connectivity index (χ3n) is 4.37. The molecule has 2 bridgehead atoms. The van der Waals surface area contributed by atoms with Gasteiger partial charge in [-0.1, -0.05) is 12.2 Å². The van der Waals surface area contributed by atoms with Crippen LogP contribution in [0.1, 0.15) is 25.7 Å². The molecule has 1 N–H and O–H groups in total. The fourth-order valence-electron chi connectivity index (χ4n) is 3.57. The fourth-order valence-corrected chi connectivity index (χ4v) is 3.57. The molecule has 2 fully saturated rings. The van der Waals surface area contributed by atoms with Gasteiger partial charge in [0.1, 0.15) is 0 Å². The van der Waals surface area contributed by atoms with Gasteiger partial charge in [0.15, 0.2) is 0 Å². The minimum atomic E-state index is 0.504. The van der Waals surface area contributed by atoms with Crippen molar-refractivity contribution in [3.05, 3.63) is 35.1 Å². The van der Waals surface area contributed by atoms with Crippen LogP contribution in [-0.2, 0) is 0 Å². The SMILES string of the molecule is CN1CCC2CC(CC3=CC=C(O)CC=C32)C1. The quantitative estimate of drug-likeness (QED) is 0.692. The van der Waals surface area contributed by atoms with Crippen molar-refractivity contribution in [2.75, 3.05) is 20.1 Å². The van der Waals surface area contributed by atoms with Crippen molar-refractivity contribution in [3.8, 4) is 0 Å². The number of likely N-dealkylation sites (tertiary alicyclic amines) is 1. The molecule has 2 aliphatic carbocycles. The molecule has 2 heteroatoms. The number of fused-ring (bicyclic) bond motifs is 4. The molecule has 0 spiro atoms. The normalized spacial score (nSPS) is 33.8. The van der Waals surface area contributed by atoms with E-state index in [2.05, 4.69) is 24.1 Å². The molecule has 3 aliphatic rings. The lowest BCUT2D eigenvalue weighted by atomic mass is 9.74. The van der Waals surface area contributed by atoms with Crippen molar-refractivity contribution in [2.45, 2.75) is 25.7 Å². The highest BCUT2D eigenvalue weighted by atomic mass is 16.3. The number of rotatable bonds is 0. The van der Waals surface area contributed by atoms with Gasteiger partial charge < -0.3 is 10.0 Å². The Hall–Kier alpha value is -1.02. The predicted octanol–water partition coefficient (Wildman–Crippen LogP) is 3.05. The second-order valence-electron chi connectivity index (χ2n) is 5.77. The van der Waals surface area contributed by atoms with Crippen molar-refractivity contribution in [1.29, 1.82) is 0 Å². The molecule has 0 amide bonds. The first-order chi connectivity index (χ1) is 8.22. The first-order valence-corrected chi connectivity index (χ1v) is 6.70. The fraction of sp³-hybridized carbons (Fsp3) is 0.600. The number of hydrogen-bond acceptors (Lipinski definition) is 2. The molecular weight excluding hydrogens is 210 g/mol. The Kier molecular flexibility index (Phi) is 2.83. The molecule has 1 saturated heterocycles. The van der Waals surface area contributed by atoms with Crippen LogP contribution in [0.2, 0.25) is 0 Å². The van der Waals surface area contributed by atoms with Gasteiger partial charge >= 0.3 is 0 Å². The second-order valence-corrected chi connectivity index (χ2v) is 5.77. The Labute approximate surface area is 103 Å². The maximum absolute atomic E-state index is 9.64. The van der Waals surface area contributed by atoms with Gasteiger partial charge in [-0.15, -0.1) is 0 Å². The molecule has 92 valence electrons. The Bertz CT molecular complexity index is 405. The Morgan fingerprint density at radius 2 is 2.24 bits per heavy atom. The summed E-state index contributed by atoms with van der Waals surface area (Å²) in [4.78, 5) is 2.48. The standard InChI is InChI=1S/C15H21NO/c1-16-7-6-13-9-11(10-16)8-12-2-3-14(17)4-5-15(12)13/h2-3,5,11,13,17H,4,6-10H2,1H3. The molecule has 0 aromatic carbocycles. The smallest absolute Gasteiger partial charge is 0.0960 e. The van der Waals surface area contributed by atoms with Crippen LogP contribution >= 0.6 is 0 Å². The molecule has 2 nitrogen and oxygen atoms in total. The summed E-state index contributed by atoms with van der Waals surface area (Å²) in [6, 6.07) is 0. The van der Waals surface area contributed by atoms with Gasteiger partial charge in [-0.3, -0.25) is 0 Å². The van der Waals surface area contributed by atoms with Gasteiger partial charge in [0.2, 0.25) is 0 Å². The third-order valence-corrected chi connectivity index (χ3v) is 4.37. The van der Waals surface area contributed by atoms with Crippen LogP contribution in [0.5, 0.6) is 0 Å². The zero-order chi connectivity index (χ0) is 11.8. The van der Waals surface area contributed by atoms with E-state index >= 15 is 0 Å². The number of aliphatic hydroxyl groups excluding tert-OH is 1. The van der Waals surface area contributed by atoms with Gasteiger partial charge in [0.25, 0.3) is 0 Å². The first-order valence-electron chi connectivity index (χ1n) is 6.70. The maximum atomic E-state index is 9.64. The summed E-state index contributed by atoms with van der Waals surface area (Å²) in [6.45, 7) is 2.45. The van der Waals surface area contributed by atoms with E-state index < -0.39 is 0 Å². The molecule has 2 unspecified atom stereocenters. The predicted molar refractivity (Wildman–Crippen MR) is 69.8 cm³/mol. The lowest BCUT2D eigenvalue weighted by Crippen LogP contribution is -2.25. The lowest BCUT2D eigenvalue weighted by molar-refractivity contribution is 0.295. The number of hydrogen-bond donors (Lipinski definition) is 1. The van der Waals surface area contributed by atoms with Crippen LogP contribution in [-0.4, -0.2) is 30.1 Å². The molecule has 2 atom stereocenters. The minimum Gasteiger partial charge on any atom is -0.512 e. The molecule has 0 aromatic heterocycles. The molecule has 3 rings (SSSR count). The highest BCUT2D eigenvalue weighted by Crippen LogP contribution is 2.42. The van der Waals surface area contributed by atoms with Crippen LogP contribution in [0.3, 0.4) is 0 Å². The number of nitrogens with zero attached hydrogens (tertiary/aromatic N) is 1. The highest BCUT2D eigenvalue weighted by Gasteiger charge is 2.32. The van der Waals surface area contributed by atoms with E-state index in [0.717, 1.165) is 11.8 Å². The first kappa shape index (κ1) is 11.1. The summed E-state index contributed by atoms with van der Waals surface area (Å²) in [5.74, 6) is 2.04. The molecular formula is C15H21NO. The second kappa shape index (κ2) is 4.34. The summed E-state index contributed by atoms with van der Waals surface area (Å²) in [5, 5.41) is 9.64. The molecule has 1 aliphatic heterocycles. The van der Waals surface area contributed by atoms with Crippen molar-refractivity contribution in [3.63, 3.8) is 0 Å². The van der Waals surface area contributed by atoms with E-state index in [0.29, 0.717) is 12.2 Å². The van der Waals surface area contributed by atoms with Gasteiger partial charge in [0.05, 0.1) is 5.76 Å². The van der Waals surface area contributed by atoms with E-state index in [1.165, 1.54) is 43.5 Å². The Morgan fingerprint density at radius 1 is 1.35 bits per heavy atom. The molecule has 0 aromatic rings. The molecule has 1 saturated carbocycles. The van der Waals surface area contributed by atoms with Gasteiger partial charge in [-0.25, -0.2) is 0 Å². The Balaban J connectivity index is 1.92. The average Bonchev–Trinajstić information content (AvgIpc) is 2.57. The zero-order valence-corrected chi connectivity index (χ0v) is 10.5. The van der Waals surface area contributed by atoms with Crippen molar-refractivity contribution < 1.29 is 5.11 Å². The van der Waals surface area contributed by atoms with Crippen molar-refractivity contribution >= 4 is 0 Å². The van der Waals surface area contributed by atoms with Crippen molar-refractivity contribution in [1.82, 2.24) is 4.90 Å². The van der Waals surface area contributed by atoms with Crippen LogP contribution in [0, 0.1) is 11.8 Å². The lowest BCUT2D eigenvalue weighted by Gasteiger charge is -2.31. The maximum Gasteiger partial charge on any atom is 0.0960 e. The van der Waals surface area contributed by atoms with E-state index in [1.54, 1.807) is 0 Å². The van der Waals surface area contributed by atoms with E-state index in [4.69, 9.17) is 0 Å². The average molecular weight is 231 g/mol. The summed E-state index contributed by atoms with van der Waals surface area (Å²) in [5.41, 5.74) is 3.00. The van der Waals surface area contributed by atoms with E-state index in [-0.39, 0.29) is 0 Å². The zero-order valence-electron chi connectivity index (χ0n) is 10.5. The summed E-state index contributed by atoms with van der Waals surface area (Å²) >= 11 is 0. The molecule has 17 heavy (non-hydrogen) atoms. The van der Waals surface area contributed by atoms with Gasteiger partial charge in [-0.2, -0.15) is 0 Å². The number of aliphatic hydroxyl groups is 1. The molecule has 1 heterocycles. The van der Waals surface area contributed by atoms with Crippen molar-refractivity contribution in [2.24, 2.45) is 11.8 Å². The monoisotopic (exact) mass is 231 g/mol. The van der Waals surface area contributed by atoms with E-state index in [9.17, 15) is 5.11 Å². The van der Waals surface area contributed by atoms with Gasteiger partial charge in [-0.05, 0) is 61.9 Å². The summed E-state index contributed by atoms with van der Waals surface area (Å²) in [6.07, 6.45) is 10.8. The number of allylic oxidation sites excluding steroid dienone is 5. The van der Waals surface area contributed by atoms with Crippen LogP contribution in [0.4, 0.5) is 0 Å².